The van der Waals surface area contributed by atoms with E-state index in [4.69, 9.17) is 20.4 Å². The minimum Gasteiger partial charge on any atom is -0.481 e. The second-order valence-corrected chi connectivity index (χ2v) is 6.95. The van der Waals surface area contributed by atoms with Crippen LogP contribution < -0.4 is 0 Å². The van der Waals surface area contributed by atoms with Crippen molar-refractivity contribution >= 4 is 23.7 Å². The number of carboxylic acids is 2. The number of aliphatic hydroxyl groups excluding tert-OH is 2. The second kappa shape index (κ2) is 12.4. The van der Waals surface area contributed by atoms with Crippen LogP contribution in [0.15, 0.2) is 0 Å². The first kappa shape index (κ1) is 24.1. The molecule has 0 bridgehead atoms. The van der Waals surface area contributed by atoms with Crippen LogP contribution in [0.1, 0.15) is 12.8 Å². The first-order valence-corrected chi connectivity index (χ1v) is 8.86. The molecule has 0 aromatic heterocycles. The SMILES string of the molecule is CN(CCSCCN(C)C(CC(O)O)C(O)O)C(CC(=O)O)C(=O)O. The van der Waals surface area contributed by atoms with Gasteiger partial charge in [-0.15, -0.1) is 0 Å². The molecule has 0 aromatic carbocycles. The number of aliphatic carboxylic acids is 2. The van der Waals surface area contributed by atoms with Crippen molar-refractivity contribution in [3.05, 3.63) is 0 Å². The van der Waals surface area contributed by atoms with Gasteiger partial charge in [0, 0.05) is 31.0 Å². The fraction of sp³-hybridized carbons (Fsp3) is 0.857. The maximum absolute atomic E-state index is 11.1. The van der Waals surface area contributed by atoms with Crippen molar-refractivity contribution < 1.29 is 40.2 Å². The van der Waals surface area contributed by atoms with Crippen molar-refractivity contribution in [1.82, 2.24) is 9.80 Å². The zero-order chi connectivity index (χ0) is 19.6. The Bertz CT molecular complexity index is 410. The van der Waals surface area contributed by atoms with Crippen LogP contribution in [0.2, 0.25) is 0 Å². The van der Waals surface area contributed by atoms with E-state index in [0.717, 1.165) is 0 Å². The quantitative estimate of drug-likeness (QED) is 0.144. The molecule has 0 heterocycles. The molecule has 0 aromatic rings. The van der Waals surface area contributed by atoms with E-state index in [1.54, 1.807) is 19.0 Å². The predicted octanol–water partition coefficient (Wildman–Crippen LogP) is -2.11. The summed E-state index contributed by atoms with van der Waals surface area (Å²) in [6, 6.07) is -1.89. The lowest BCUT2D eigenvalue weighted by molar-refractivity contribution is -0.149. The van der Waals surface area contributed by atoms with Gasteiger partial charge in [-0.2, -0.15) is 11.8 Å². The Kier molecular flexibility index (Phi) is 11.9. The van der Waals surface area contributed by atoms with Gasteiger partial charge in [-0.25, -0.2) is 0 Å². The third-order valence-electron chi connectivity index (χ3n) is 3.72. The van der Waals surface area contributed by atoms with E-state index in [1.807, 2.05) is 0 Å². The topological polar surface area (TPSA) is 162 Å². The molecule has 0 spiro atoms. The number of carbonyl (C=O) groups is 2. The van der Waals surface area contributed by atoms with Gasteiger partial charge < -0.3 is 30.6 Å². The van der Waals surface area contributed by atoms with Gasteiger partial charge in [0.1, 0.15) is 6.04 Å². The third kappa shape index (κ3) is 10.6. The predicted molar refractivity (Wildman–Crippen MR) is 91.1 cm³/mol. The number of hydrogen-bond donors (Lipinski definition) is 6. The van der Waals surface area contributed by atoms with Crippen molar-refractivity contribution in [2.75, 3.05) is 38.7 Å². The van der Waals surface area contributed by atoms with Gasteiger partial charge in [0.05, 0.1) is 12.5 Å². The molecule has 148 valence electrons. The Hall–Kier alpha value is -0.950. The smallest absolute Gasteiger partial charge is 0.321 e. The number of likely N-dealkylation sites (N-methyl/N-ethyl adjacent to an activating group) is 2. The number of aliphatic hydroxyl groups is 4. The van der Waals surface area contributed by atoms with Crippen LogP contribution >= 0.6 is 11.8 Å². The molecule has 6 N–H and O–H groups in total. The molecule has 2 unspecified atom stereocenters. The van der Waals surface area contributed by atoms with Crippen molar-refractivity contribution in [2.45, 2.75) is 37.5 Å². The standard InChI is InChI=1S/C14H28N2O8S/c1-15(9(13(21)22)7-11(17)18)3-5-25-6-4-16(2)10(14(23)24)8-12(19)20/h9-11,13,17-18,21-22H,3-8H2,1-2H3,(H,19,20)(H,23,24). The van der Waals surface area contributed by atoms with Crippen molar-refractivity contribution in [3.63, 3.8) is 0 Å². The fourth-order valence-corrected chi connectivity index (χ4v) is 3.22. The van der Waals surface area contributed by atoms with Gasteiger partial charge in [-0.3, -0.25) is 19.4 Å². The highest BCUT2D eigenvalue weighted by molar-refractivity contribution is 7.99. The van der Waals surface area contributed by atoms with Crippen LogP contribution in [-0.4, -0.2) is 116 Å². The first-order chi connectivity index (χ1) is 11.6. The minimum atomic E-state index is -1.70. The van der Waals surface area contributed by atoms with E-state index >= 15 is 0 Å². The fourth-order valence-electron chi connectivity index (χ4n) is 2.18. The largest absolute Gasteiger partial charge is 0.481 e. The van der Waals surface area contributed by atoms with Gasteiger partial charge in [0.2, 0.25) is 0 Å². The molecule has 0 aliphatic carbocycles. The van der Waals surface area contributed by atoms with Crippen LogP contribution in [0.25, 0.3) is 0 Å². The molecule has 0 aliphatic rings. The zero-order valence-electron chi connectivity index (χ0n) is 14.4. The summed E-state index contributed by atoms with van der Waals surface area (Å²) in [5.74, 6) is -1.18. The van der Waals surface area contributed by atoms with E-state index in [0.29, 0.717) is 24.6 Å². The number of thioether (sulfide) groups is 1. The molecule has 0 saturated carbocycles. The normalized spacial score (nSPS) is 14.5. The average Bonchev–Trinajstić information content (AvgIpc) is 2.48. The first-order valence-electron chi connectivity index (χ1n) is 7.71. The van der Waals surface area contributed by atoms with Gasteiger partial charge >= 0.3 is 11.9 Å². The summed E-state index contributed by atoms with van der Waals surface area (Å²) >= 11 is 1.49. The van der Waals surface area contributed by atoms with Gasteiger partial charge in [0.15, 0.2) is 12.6 Å². The van der Waals surface area contributed by atoms with Crippen LogP contribution in [0.5, 0.6) is 0 Å². The zero-order valence-corrected chi connectivity index (χ0v) is 15.2. The molecule has 0 amide bonds. The monoisotopic (exact) mass is 384 g/mol. The van der Waals surface area contributed by atoms with Crippen molar-refractivity contribution in [1.29, 1.82) is 0 Å². The third-order valence-corrected chi connectivity index (χ3v) is 4.67. The lowest BCUT2D eigenvalue weighted by Crippen LogP contribution is -2.44. The molecular formula is C14H28N2O8S. The highest BCUT2D eigenvalue weighted by atomic mass is 32.2. The molecule has 0 radical (unpaired) electrons. The van der Waals surface area contributed by atoms with Crippen molar-refractivity contribution in [3.8, 4) is 0 Å². The van der Waals surface area contributed by atoms with Gasteiger partial charge in [-0.1, -0.05) is 0 Å². The molecule has 0 rings (SSSR count). The maximum Gasteiger partial charge on any atom is 0.321 e. The van der Waals surface area contributed by atoms with E-state index < -0.39 is 43.0 Å². The van der Waals surface area contributed by atoms with Crippen LogP contribution in [0, 0.1) is 0 Å². The Balaban J connectivity index is 4.18. The highest BCUT2D eigenvalue weighted by Gasteiger charge is 2.26. The molecular weight excluding hydrogens is 356 g/mol. The Morgan fingerprint density at radius 3 is 1.88 bits per heavy atom. The Morgan fingerprint density at radius 1 is 0.960 bits per heavy atom. The number of rotatable bonds is 14. The number of nitrogens with zero attached hydrogens (tertiary/aromatic N) is 2. The van der Waals surface area contributed by atoms with E-state index in [-0.39, 0.29) is 6.42 Å². The summed E-state index contributed by atoms with van der Waals surface area (Å²) in [5, 5.41) is 54.2. The molecule has 2 atom stereocenters. The molecule has 0 aliphatic heterocycles. The number of hydrogen-bond acceptors (Lipinski definition) is 9. The average molecular weight is 384 g/mol. The van der Waals surface area contributed by atoms with E-state index in [2.05, 4.69) is 0 Å². The summed E-state index contributed by atoms with van der Waals surface area (Å²) in [6.07, 6.45) is -4.01. The molecule has 10 nitrogen and oxygen atoms in total. The van der Waals surface area contributed by atoms with E-state index in [1.165, 1.54) is 16.7 Å². The van der Waals surface area contributed by atoms with Gasteiger partial charge in [0.25, 0.3) is 0 Å². The second-order valence-electron chi connectivity index (χ2n) is 5.72. The Morgan fingerprint density at radius 2 is 1.48 bits per heavy atom. The van der Waals surface area contributed by atoms with Gasteiger partial charge in [-0.05, 0) is 14.1 Å². The highest BCUT2D eigenvalue weighted by Crippen LogP contribution is 2.11. The lowest BCUT2D eigenvalue weighted by atomic mass is 10.1. The molecule has 0 fully saturated rings. The Labute approximate surface area is 150 Å². The maximum atomic E-state index is 11.1. The summed E-state index contributed by atoms with van der Waals surface area (Å²) in [5.41, 5.74) is 0. The van der Waals surface area contributed by atoms with Crippen molar-refractivity contribution in [2.24, 2.45) is 0 Å². The molecule has 25 heavy (non-hydrogen) atoms. The van der Waals surface area contributed by atoms with Crippen LogP contribution in [-0.2, 0) is 9.59 Å². The summed E-state index contributed by atoms with van der Waals surface area (Å²) in [4.78, 5) is 24.8. The summed E-state index contributed by atoms with van der Waals surface area (Å²) < 4.78 is 0. The van der Waals surface area contributed by atoms with E-state index in [9.17, 15) is 19.8 Å². The summed E-state index contributed by atoms with van der Waals surface area (Å²) in [7, 11) is 3.18. The summed E-state index contributed by atoms with van der Waals surface area (Å²) in [6.45, 7) is 0.848. The minimum absolute atomic E-state index is 0.197. The van der Waals surface area contributed by atoms with Crippen LogP contribution in [0.4, 0.5) is 0 Å². The molecule has 11 heteroatoms. The van der Waals surface area contributed by atoms with Crippen LogP contribution in [0.3, 0.4) is 0 Å². The number of carboxylic acid groups (broad SMARTS) is 2. The molecule has 0 saturated heterocycles. The lowest BCUT2D eigenvalue weighted by Gasteiger charge is -2.30.